The van der Waals surface area contributed by atoms with Crippen LogP contribution in [0.4, 0.5) is 0 Å². The van der Waals surface area contributed by atoms with Gasteiger partial charge in [-0.15, -0.1) is 0 Å². The molecule has 1 unspecified atom stereocenters. The maximum Gasteiger partial charge on any atom is 0.305 e. The number of rotatable bonds is 5. The van der Waals surface area contributed by atoms with Gasteiger partial charge in [0.1, 0.15) is 5.75 Å². The van der Waals surface area contributed by atoms with Crippen LogP contribution in [0, 0.1) is 0 Å². The number of nitrogens with zero attached hydrogens (tertiary/aromatic N) is 1. The van der Waals surface area contributed by atoms with Crippen molar-refractivity contribution in [2.75, 3.05) is 13.2 Å². The fourth-order valence-electron chi connectivity index (χ4n) is 2.76. The van der Waals surface area contributed by atoms with Crippen molar-refractivity contribution in [2.24, 2.45) is 0 Å². The monoisotopic (exact) mass is 291 g/mol. The highest BCUT2D eigenvalue weighted by Gasteiger charge is 2.30. The third-order valence-corrected chi connectivity index (χ3v) is 3.72. The highest BCUT2D eigenvalue weighted by atomic mass is 16.5. The highest BCUT2D eigenvalue weighted by molar-refractivity contribution is 5.97. The Bertz CT molecular complexity index is 515. The molecule has 1 amide bonds. The predicted molar refractivity (Wildman–Crippen MR) is 78.5 cm³/mol. The minimum Gasteiger partial charge on any atom is -0.493 e. The van der Waals surface area contributed by atoms with Gasteiger partial charge in [0.25, 0.3) is 5.91 Å². The molecule has 1 aliphatic rings. The number of carboxylic acid groups (broad SMARTS) is 1. The number of ether oxygens (including phenoxy) is 1. The molecule has 21 heavy (non-hydrogen) atoms. The summed E-state index contributed by atoms with van der Waals surface area (Å²) in [6.07, 6.45) is 2.63. The van der Waals surface area contributed by atoms with Crippen LogP contribution in [0.25, 0.3) is 0 Å². The van der Waals surface area contributed by atoms with Crippen LogP contribution in [0.3, 0.4) is 0 Å². The van der Waals surface area contributed by atoms with Crippen LogP contribution in [-0.2, 0) is 4.79 Å². The number of benzene rings is 1. The van der Waals surface area contributed by atoms with Gasteiger partial charge < -0.3 is 14.7 Å². The Labute approximate surface area is 124 Å². The second-order valence-electron chi connectivity index (χ2n) is 5.18. The molecule has 1 saturated heterocycles. The second-order valence-corrected chi connectivity index (χ2v) is 5.18. The zero-order valence-corrected chi connectivity index (χ0v) is 12.2. The molecule has 1 aromatic carbocycles. The molecule has 5 nitrogen and oxygen atoms in total. The van der Waals surface area contributed by atoms with Gasteiger partial charge in [0.15, 0.2) is 0 Å². The fraction of sp³-hybridized carbons (Fsp3) is 0.500. The maximum atomic E-state index is 12.7. The number of carbonyl (C=O) groups excluding carboxylic acids is 1. The van der Waals surface area contributed by atoms with E-state index in [9.17, 15) is 9.59 Å². The molecule has 1 aliphatic heterocycles. The summed E-state index contributed by atoms with van der Waals surface area (Å²) in [5.41, 5.74) is 0.511. The summed E-state index contributed by atoms with van der Waals surface area (Å²) in [4.78, 5) is 25.4. The molecule has 0 radical (unpaired) electrons. The van der Waals surface area contributed by atoms with Gasteiger partial charge in [-0.2, -0.15) is 0 Å². The molecule has 1 fully saturated rings. The molecule has 114 valence electrons. The van der Waals surface area contributed by atoms with Gasteiger partial charge in [0, 0.05) is 12.6 Å². The van der Waals surface area contributed by atoms with Crippen LogP contribution >= 0.6 is 0 Å². The van der Waals surface area contributed by atoms with Crippen LogP contribution in [-0.4, -0.2) is 41.1 Å². The zero-order chi connectivity index (χ0) is 15.2. The van der Waals surface area contributed by atoms with Gasteiger partial charge in [-0.3, -0.25) is 9.59 Å². The van der Waals surface area contributed by atoms with Crippen molar-refractivity contribution >= 4 is 11.9 Å². The number of hydrogen-bond donors (Lipinski definition) is 1. The third kappa shape index (κ3) is 3.74. The Hall–Kier alpha value is -2.04. The standard InChI is InChI=1S/C16H21NO4/c1-2-21-14-9-4-3-8-13(14)16(20)17-10-6-5-7-12(17)11-15(18)19/h3-4,8-9,12H,2,5-7,10-11H2,1H3,(H,18,19). The van der Waals surface area contributed by atoms with E-state index < -0.39 is 5.97 Å². The van der Waals surface area contributed by atoms with Crippen molar-refractivity contribution in [2.45, 2.75) is 38.6 Å². The Kier molecular flexibility index (Phi) is 5.20. The number of carbonyl (C=O) groups is 2. The predicted octanol–water partition coefficient (Wildman–Crippen LogP) is 2.55. The van der Waals surface area contributed by atoms with Crippen molar-refractivity contribution in [3.8, 4) is 5.75 Å². The van der Waals surface area contributed by atoms with Crippen molar-refractivity contribution < 1.29 is 19.4 Å². The first-order valence-electron chi connectivity index (χ1n) is 7.38. The van der Waals surface area contributed by atoms with Crippen LogP contribution in [0.1, 0.15) is 43.0 Å². The lowest BCUT2D eigenvalue weighted by Gasteiger charge is -2.35. The first-order valence-corrected chi connectivity index (χ1v) is 7.38. The van der Waals surface area contributed by atoms with Gasteiger partial charge in [0.05, 0.1) is 18.6 Å². The molecule has 2 rings (SSSR count). The minimum absolute atomic E-state index is 0.00252. The maximum absolute atomic E-state index is 12.7. The summed E-state index contributed by atoms with van der Waals surface area (Å²) in [5.74, 6) is -0.438. The average molecular weight is 291 g/mol. The molecule has 1 aromatic rings. The number of likely N-dealkylation sites (tertiary alicyclic amines) is 1. The van der Waals surface area contributed by atoms with Crippen LogP contribution in [0.15, 0.2) is 24.3 Å². The van der Waals surface area contributed by atoms with E-state index in [-0.39, 0.29) is 18.4 Å². The van der Waals surface area contributed by atoms with E-state index >= 15 is 0 Å². The minimum atomic E-state index is -0.863. The van der Waals surface area contributed by atoms with Crippen molar-refractivity contribution in [1.29, 1.82) is 0 Å². The van der Waals surface area contributed by atoms with Gasteiger partial charge in [-0.05, 0) is 38.3 Å². The SMILES string of the molecule is CCOc1ccccc1C(=O)N1CCCCC1CC(=O)O. The Morgan fingerprint density at radius 3 is 2.81 bits per heavy atom. The van der Waals surface area contributed by atoms with E-state index in [4.69, 9.17) is 9.84 Å². The first-order chi connectivity index (χ1) is 10.1. The lowest BCUT2D eigenvalue weighted by atomic mass is 9.98. The molecule has 0 aromatic heterocycles. The van der Waals surface area contributed by atoms with Crippen LogP contribution < -0.4 is 4.74 Å². The molecule has 1 N–H and O–H groups in total. The van der Waals surface area contributed by atoms with Crippen molar-refractivity contribution in [3.63, 3.8) is 0 Å². The molecule has 0 spiro atoms. The van der Waals surface area contributed by atoms with Gasteiger partial charge in [-0.25, -0.2) is 0 Å². The molecule has 0 bridgehead atoms. The summed E-state index contributed by atoms with van der Waals surface area (Å²) in [7, 11) is 0. The summed E-state index contributed by atoms with van der Waals surface area (Å²) in [6, 6.07) is 6.91. The van der Waals surface area contributed by atoms with E-state index in [1.807, 2.05) is 13.0 Å². The zero-order valence-electron chi connectivity index (χ0n) is 12.2. The van der Waals surface area contributed by atoms with E-state index in [0.29, 0.717) is 24.5 Å². The van der Waals surface area contributed by atoms with E-state index in [2.05, 4.69) is 0 Å². The molecule has 1 atom stereocenters. The molecule has 0 saturated carbocycles. The second kappa shape index (κ2) is 7.11. The normalized spacial score (nSPS) is 18.3. The Balaban J connectivity index is 2.22. The Morgan fingerprint density at radius 1 is 1.33 bits per heavy atom. The smallest absolute Gasteiger partial charge is 0.305 e. The number of hydrogen-bond acceptors (Lipinski definition) is 3. The van der Waals surface area contributed by atoms with E-state index in [0.717, 1.165) is 19.3 Å². The number of piperidine rings is 1. The molecular formula is C16H21NO4. The molecule has 1 heterocycles. The van der Waals surface area contributed by atoms with Gasteiger partial charge in [0.2, 0.25) is 0 Å². The number of carboxylic acids is 1. The molecular weight excluding hydrogens is 270 g/mol. The van der Waals surface area contributed by atoms with Crippen LogP contribution in [0.5, 0.6) is 5.75 Å². The van der Waals surface area contributed by atoms with E-state index in [1.54, 1.807) is 23.1 Å². The lowest BCUT2D eigenvalue weighted by Crippen LogP contribution is -2.44. The average Bonchev–Trinajstić information content (AvgIpc) is 2.47. The first kappa shape index (κ1) is 15.4. The third-order valence-electron chi connectivity index (χ3n) is 3.72. The summed E-state index contributed by atoms with van der Waals surface area (Å²) < 4.78 is 5.50. The number of aliphatic carboxylic acids is 1. The fourth-order valence-corrected chi connectivity index (χ4v) is 2.76. The van der Waals surface area contributed by atoms with Crippen molar-refractivity contribution in [1.82, 2.24) is 4.90 Å². The number of amides is 1. The lowest BCUT2D eigenvalue weighted by molar-refractivity contribution is -0.138. The van der Waals surface area contributed by atoms with Gasteiger partial charge in [-0.1, -0.05) is 12.1 Å². The largest absolute Gasteiger partial charge is 0.493 e. The molecule has 0 aliphatic carbocycles. The molecule has 5 heteroatoms. The topological polar surface area (TPSA) is 66.8 Å². The summed E-state index contributed by atoms with van der Waals surface area (Å²) in [5, 5.41) is 9.01. The quantitative estimate of drug-likeness (QED) is 0.905. The van der Waals surface area contributed by atoms with E-state index in [1.165, 1.54) is 0 Å². The Morgan fingerprint density at radius 2 is 2.10 bits per heavy atom. The van der Waals surface area contributed by atoms with Crippen LogP contribution in [0.2, 0.25) is 0 Å². The summed E-state index contributed by atoms with van der Waals surface area (Å²) in [6.45, 7) is 2.97. The van der Waals surface area contributed by atoms with Gasteiger partial charge >= 0.3 is 5.97 Å². The van der Waals surface area contributed by atoms with Crippen molar-refractivity contribution in [3.05, 3.63) is 29.8 Å². The summed E-state index contributed by atoms with van der Waals surface area (Å²) >= 11 is 0. The number of para-hydroxylation sites is 1. The highest BCUT2D eigenvalue weighted by Crippen LogP contribution is 2.26.